The lowest BCUT2D eigenvalue weighted by atomic mass is 9.55. The molecule has 1 aromatic rings. The van der Waals surface area contributed by atoms with Gasteiger partial charge in [-0.05, 0) is 81.1 Å². The number of allylic oxidation sites excluding steroid dienone is 1. The average molecular weight is 655 g/mol. The van der Waals surface area contributed by atoms with Crippen LogP contribution in [0.1, 0.15) is 83.1 Å². The molecule has 0 bridgehead atoms. The molecule has 3 aliphatic rings. The number of carbonyl (C=O) groups is 1. The topological polar surface area (TPSA) is 130 Å². The van der Waals surface area contributed by atoms with Crippen molar-refractivity contribution in [1.82, 2.24) is 4.90 Å². The van der Waals surface area contributed by atoms with E-state index in [1.54, 1.807) is 35.3 Å². The first-order chi connectivity index (χ1) is 22.9. The van der Waals surface area contributed by atoms with E-state index in [1.807, 2.05) is 13.8 Å². The molecule has 3 N–H and O–H groups in total. The number of ether oxygens (including phenoxy) is 3. The standard InChI is InChI=1S/C37H54N2O8/c1-5-9-22-44-36(43)39(18-6-2)33-25-31(38-46-8-4)29-23-26(14-10-12-19-40)28(15-11-13-20-41)34-30-24-27(42)16-17-32(30)47-37(33,35(29)34)45-21-7-3/h5,7,16-17,23-24,26,28,33-35,40-42H,1,3,6,8-15,18-22,25H2,2,4H3. The Labute approximate surface area is 279 Å². The summed E-state index contributed by atoms with van der Waals surface area (Å²) in [4.78, 5) is 21.3. The molecular formula is C37H54N2O8. The number of aliphatic hydroxyl groups is 2. The highest BCUT2D eigenvalue weighted by atomic mass is 16.7. The Kier molecular flexibility index (Phi) is 13.8. The highest BCUT2D eigenvalue weighted by Gasteiger charge is 2.65. The Hall–Kier alpha value is -3.34. The molecule has 0 saturated heterocycles. The van der Waals surface area contributed by atoms with Crippen molar-refractivity contribution >= 4 is 11.8 Å². The summed E-state index contributed by atoms with van der Waals surface area (Å²) in [6.45, 7) is 13.0. The minimum Gasteiger partial charge on any atom is -0.508 e. The van der Waals surface area contributed by atoms with Crippen LogP contribution < -0.4 is 4.74 Å². The van der Waals surface area contributed by atoms with Crippen LogP contribution >= 0.6 is 0 Å². The number of carbonyl (C=O) groups excluding carboxylic acids is 1. The summed E-state index contributed by atoms with van der Waals surface area (Å²) in [5.41, 5.74) is 2.58. The van der Waals surface area contributed by atoms with Gasteiger partial charge in [0.1, 0.15) is 24.1 Å². The number of hydrogen-bond donors (Lipinski definition) is 3. The lowest BCUT2D eigenvalue weighted by Gasteiger charge is -2.59. The molecule has 4 rings (SSSR count). The lowest BCUT2D eigenvalue weighted by Crippen LogP contribution is -2.70. The minimum atomic E-state index is -1.34. The largest absolute Gasteiger partial charge is 0.508 e. The fraction of sp³-hybridized carbons (Fsp3) is 0.622. The van der Waals surface area contributed by atoms with E-state index in [0.29, 0.717) is 51.0 Å². The summed E-state index contributed by atoms with van der Waals surface area (Å²) in [6, 6.07) is 4.57. The van der Waals surface area contributed by atoms with Gasteiger partial charge in [-0.25, -0.2) is 4.79 Å². The first-order valence-corrected chi connectivity index (χ1v) is 17.3. The van der Waals surface area contributed by atoms with Gasteiger partial charge in [-0.15, -0.1) is 13.2 Å². The highest BCUT2D eigenvalue weighted by Crippen LogP contribution is 2.61. The molecule has 6 atom stereocenters. The zero-order chi connectivity index (χ0) is 33.8. The number of hydrogen-bond acceptors (Lipinski definition) is 9. The van der Waals surface area contributed by atoms with Crippen molar-refractivity contribution in [1.29, 1.82) is 0 Å². The molecule has 0 aromatic heterocycles. The number of amides is 1. The van der Waals surface area contributed by atoms with Crippen LogP contribution in [0, 0.1) is 17.8 Å². The Morgan fingerprint density at radius 3 is 2.57 bits per heavy atom. The molecule has 1 amide bonds. The molecule has 260 valence electrons. The summed E-state index contributed by atoms with van der Waals surface area (Å²) in [5.74, 6) is -0.966. The SMILES string of the molecule is C=CCCOC(=O)N(CCC)C1CC(=NOCC)C2=CC(CCCCO)C(CCCCO)C3c4cc(O)ccc4OC1(OCC=C)C23. The highest BCUT2D eigenvalue weighted by molar-refractivity contribution is 6.02. The molecule has 10 nitrogen and oxygen atoms in total. The van der Waals surface area contributed by atoms with Crippen molar-refractivity contribution in [3.63, 3.8) is 0 Å². The number of phenolic OH excluding ortho intramolecular Hbond substituents is 1. The monoisotopic (exact) mass is 654 g/mol. The van der Waals surface area contributed by atoms with E-state index in [4.69, 9.17) is 19.0 Å². The van der Waals surface area contributed by atoms with Gasteiger partial charge >= 0.3 is 6.09 Å². The van der Waals surface area contributed by atoms with Crippen LogP contribution in [-0.4, -0.2) is 83.4 Å². The molecule has 2 aliphatic carbocycles. The summed E-state index contributed by atoms with van der Waals surface area (Å²) in [7, 11) is 0. The van der Waals surface area contributed by atoms with Crippen molar-refractivity contribution in [3.05, 3.63) is 60.7 Å². The maximum Gasteiger partial charge on any atom is 0.410 e. The van der Waals surface area contributed by atoms with Crippen molar-refractivity contribution in [3.8, 4) is 11.5 Å². The van der Waals surface area contributed by atoms with Gasteiger partial charge < -0.3 is 34.4 Å². The molecule has 6 unspecified atom stereocenters. The van der Waals surface area contributed by atoms with Gasteiger partial charge in [0.05, 0.1) is 24.8 Å². The number of nitrogens with zero attached hydrogens (tertiary/aromatic N) is 2. The first-order valence-electron chi connectivity index (χ1n) is 17.3. The minimum absolute atomic E-state index is 0.0939. The van der Waals surface area contributed by atoms with Gasteiger partial charge in [-0.1, -0.05) is 43.1 Å². The number of rotatable bonds is 19. The van der Waals surface area contributed by atoms with Gasteiger partial charge in [-0.2, -0.15) is 0 Å². The number of fused-ring (bicyclic) bond motifs is 2. The average Bonchev–Trinajstić information content (AvgIpc) is 3.07. The van der Waals surface area contributed by atoms with Gasteiger partial charge in [0.25, 0.3) is 0 Å². The molecule has 1 aliphatic heterocycles. The number of aromatic hydroxyl groups is 1. The van der Waals surface area contributed by atoms with Crippen LogP contribution in [0.4, 0.5) is 4.79 Å². The summed E-state index contributed by atoms with van der Waals surface area (Å²) in [6.07, 6.45) is 11.5. The van der Waals surface area contributed by atoms with Gasteiger partial charge in [0.15, 0.2) is 0 Å². The Bertz CT molecular complexity index is 1260. The van der Waals surface area contributed by atoms with Gasteiger partial charge in [-0.3, -0.25) is 4.90 Å². The van der Waals surface area contributed by atoms with E-state index in [9.17, 15) is 20.1 Å². The molecule has 0 radical (unpaired) electrons. The number of benzene rings is 1. The second-order valence-corrected chi connectivity index (χ2v) is 12.6. The summed E-state index contributed by atoms with van der Waals surface area (Å²) in [5, 5.41) is 34.8. The van der Waals surface area contributed by atoms with Gasteiger partial charge in [0, 0.05) is 37.7 Å². The van der Waals surface area contributed by atoms with E-state index in [-0.39, 0.29) is 49.9 Å². The fourth-order valence-corrected chi connectivity index (χ4v) is 7.73. The maximum atomic E-state index is 13.9. The third-order valence-corrected chi connectivity index (χ3v) is 9.58. The molecule has 10 heteroatoms. The smallest absolute Gasteiger partial charge is 0.410 e. The Balaban J connectivity index is 1.99. The fourth-order valence-electron chi connectivity index (χ4n) is 7.73. The molecule has 1 fully saturated rings. The molecule has 1 heterocycles. The normalized spacial score (nSPS) is 26.8. The van der Waals surface area contributed by atoms with E-state index >= 15 is 0 Å². The van der Waals surface area contributed by atoms with E-state index in [2.05, 4.69) is 24.4 Å². The Morgan fingerprint density at radius 2 is 1.89 bits per heavy atom. The molecule has 47 heavy (non-hydrogen) atoms. The molecule has 1 saturated carbocycles. The predicted octanol–water partition coefficient (Wildman–Crippen LogP) is 6.47. The van der Waals surface area contributed by atoms with Crippen LogP contribution in [0.5, 0.6) is 11.5 Å². The molecule has 1 aromatic carbocycles. The maximum absolute atomic E-state index is 13.9. The zero-order valence-corrected chi connectivity index (χ0v) is 28.1. The number of unbranched alkanes of at least 4 members (excludes halogenated alkanes) is 2. The van der Waals surface area contributed by atoms with Crippen LogP contribution in [0.15, 0.2) is 60.3 Å². The van der Waals surface area contributed by atoms with Crippen molar-refractivity contribution in [2.45, 2.75) is 89.4 Å². The number of aliphatic hydroxyl groups excluding tert-OH is 2. The van der Waals surface area contributed by atoms with Gasteiger partial charge in [0.2, 0.25) is 5.79 Å². The van der Waals surface area contributed by atoms with E-state index in [1.165, 1.54) is 0 Å². The number of phenols is 1. The van der Waals surface area contributed by atoms with Crippen LogP contribution in [0.25, 0.3) is 0 Å². The van der Waals surface area contributed by atoms with E-state index < -0.39 is 23.8 Å². The van der Waals surface area contributed by atoms with E-state index in [0.717, 1.165) is 42.5 Å². The second-order valence-electron chi connectivity index (χ2n) is 12.6. The van der Waals surface area contributed by atoms with Crippen LogP contribution in [0.3, 0.4) is 0 Å². The first kappa shape index (κ1) is 36.5. The quantitative estimate of drug-likeness (QED) is 0.0879. The van der Waals surface area contributed by atoms with Crippen molar-refractivity contribution in [2.24, 2.45) is 22.9 Å². The van der Waals surface area contributed by atoms with Crippen LogP contribution in [0.2, 0.25) is 0 Å². The van der Waals surface area contributed by atoms with Crippen molar-refractivity contribution < 1.29 is 39.2 Å². The van der Waals surface area contributed by atoms with Crippen LogP contribution in [-0.2, 0) is 14.3 Å². The summed E-state index contributed by atoms with van der Waals surface area (Å²) < 4.78 is 19.6. The van der Waals surface area contributed by atoms with Crippen molar-refractivity contribution in [2.75, 3.05) is 39.6 Å². The zero-order valence-electron chi connectivity index (χ0n) is 28.1. The number of oxime groups is 1. The molecular weight excluding hydrogens is 600 g/mol. The lowest BCUT2D eigenvalue weighted by molar-refractivity contribution is -0.255. The Morgan fingerprint density at radius 1 is 1.13 bits per heavy atom. The third-order valence-electron chi connectivity index (χ3n) is 9.58. The second kappa shape index (κ2) is 17.7. The summed E-state index contributed by atoms with van der Waals surface area (Å²) >= 11 is 0. The predicted molar refractivity (Wildman–Crippen MR) is 181 cm³/mol. The molecule has 0 spiro atoms. The third kappa shape index (κ3) is 8.04.